The lowest BCUT2D eigenvalue weighted by molar-refractivity contribution is -0.132. The molecule has 1 saturated heterocycles. The molecule has 1 aliphatic heterocycles. The quantitative estimate of drug-likeness (QED) is 0.412. The molecule has 0 unspecified atom stereocenters. The molecule has 6 heteroatoms. The van der Waals surface area contributed by atoms with Gasteiger partial charge in [-0.1, -0.05) is 44.0 Å². The van der Waals surface area contributed by atoms with Crippen molar-refractivity contribution in [2.75, 3.05) is 26.7 Å². The van der Waals surface area contributed by atoms with Crippen LogP contribution < -0.4 is 0 Å². The maximum Gasteiger partial charge on any atom is 0.223 e. The van der Waals surface area contributed by atoms with Gasteiger partial charge < -0.3 is 9.80 Å². The van der Waals surface area contributed by atoms with Gasteiger partial charge in [-0.3, -0.25) is 4.79 Å². The van der Waals surface area contributed by atoms with Crippen LogP contribution in [0, 0.1) is 11.7 Å². The van der Waals surface area contributed by atoms with Crippen molar-refractivity contribution >= 4 is 37.8 Å². The molecule has 0 atom stereocenters. The highest BCUT2D eigenvalue weighted by Crippen LogP contribution is 2.40. The van der Waals surface area contributed by atoms with Crippen molar-refractivity contribution in [3.8, 4) is 0 Å². The first-order valence-electron chi connectivity index (χ1n) is 11.0. The number of nitrogens with zero attached hydrogens (tertiary/aromatic N) is 2. The fourth-order valence-electron chi connectivity index (χ4n) is 4.69. The van der Waals surface area contributed by atoms with Crippen molar-refractivity contribution in [3.05, 3.63) is 68.4 Å². The molecule has 2 aliphatic rings. The molecule has 0 N–H and O–H groups in total. The molecule has 31 heavy (non-hydrogen) atoms. The van der Waals surface area contributed by atoms with Crippen LogP contribution in [0.3, 0.4) is 0 Å². The molecule has 1 amide bonds. The Kier molecular flexibility index (Phi) is 7.19. The van der Waals surface area contributed by atoms with Gasteiger partial charge in [-0.2, -0.15) is 0 Å². The van der Waals surface area contributed by atoms with Gasteiger partial charge in [0.2, 0.25) is 5.91 Å². The summed E-state index contributed by atoms with van der Waals surface area (Å²) in [4.78, 5) is 17.7. The number of carbonyl (C=O) groups excluding carboxylic acids is 1. The number of benzene rings is 2. The highest BCUT2D eigenvalue weighted by Gasteiger charge is 2.39. The second-order valence-electron chi connectivity index (χ2n) is 9.24. The predicted molar refractivity (Wildman–Crippen MR) is 129 cm³/mol. The predicted octanol–water partition coefficient (Wildman–Crippen LogP) is 6.14. The summed E-state index contributed by atoms with van der Waals surface area (Å²) in [6.07, 6.45) is 5.05. The zero-order valence-electron chi connectivity index (χ0n) is 17.9. The molecular formula is C25H29Br2FN2O. The smallest absolute Gasteiger partial charge is 0.223 e. The van der Waals surface area contributed by atoms with Gasteiger partial charge in [0.1, 0.15) is 5.82 Å². The van der Waals surface area contributed by atoms with Gasteiger partial charge in [-0.25, -0.2) is 4.39 Å². The number of amides is 1. The molecule has 2 aromatic rings. The molecule has 3 nitrogen and oxygen atoms in total. The first-order chi connectivity index (χ1) is 14.8. The third kappa shape index (κ3) is 5.96. The average molecular weight is 552 g/mol. The fraction of sp³-hybridized carbons (Fsp3) is 0.480. The van der Waals surface area contributed by atoms with E-state index in [4.69, 9.17) is 0 Å². The first kappa shape index (κ1) is 22.9. The summed E-state index contributed by atoms with van der Waals surface area (Å²) in [5, 5.41) is 0. The van der Waals surface area contributed by atoms with Gasteiger partial charge in [-0.05, 0) is 86.1 Å². The summed E-state index contributed by atoms with van der Waals surface area (Å²) in [6.45, 7) is 3.75. The molecule has 0 bridgehead atoms. The van der Waals surface area contributed by atoms with Gasteiger partial charge in [0, 0.05) is 40.9 Å². The van der Waals surface area contributed by atoms with Crippen molar-refractivity contribution in [3.63, 3.8) is 0 Å². The molecule has 166 valence electrons. The molecule has 0 radical (unpaired) electrons. The third-order valence-corrected chi connectivity index (χ3v) is 7.66. The number of hydrogen-bond donors (Lipinski definition) is 0. The fourth-order valence-corrected chi connectivity index (χ4v) is 6.08. The number of likely N-dealkylation sites (tertiary alicyclic amines) is 1. The Balaban J connectivity index is 1.48. The Morgan fingerprint density at radius 3 is 2.29 bits per heavy atom. The Morgan fingerprint density at radius 2 is 1.71 bits per heavy atom. The average Bonchev–Trinajstić information content (AvgIpc) is 3.53. The molecule has 2 aromatic carbocycles. The minimum absolute atomic E-state index is 0.135. The minimum Gasteiger partial charge on any atom is -0.341 e. The molecule has 1 heterocycles. The van der Waals surface area contributed by atoms with E-state index < -0.39 is 0 Å². The van der Waals surface area contributed by atoms with Gasteiger partial charge in [-0.15, -0.1) is 0 Å². The number of hydrogen-bond acceptors (Lipinski definition) is 2. The third-order valence-electron chi connectivity index (χ3n) is 6.74. The Hall–Kier alpha value is -1.24. The van der Waals surface area contributed by atoms with Crippen molar-refractivity contribution in [2.45, 2.75) is 44.1 Å². The normalized spacial score (nSPS) is 18.7. The van der Waals surface area contributed by atoms with Crippen molar-refractivity contribution in [1.29, 1.82) is 0 Å². The lowest BCUT2D eigenvalue weighted by atomic mass is 9.70. The van der Waals surface area contributed by atoms with Gasteiger partial charge in [0.25, 0.3) is 0 Å². The van der Waals surface area contributed by atoms with E-state index in [1.807, 2.05) is 42.3 Å². The lowest BCUT2D eigenvalue weighted by Crippen LogP contribution is -2.46. The summed E-state index contributed by atoms with van der Waals surface area (Å²) in [5.41, 5.74) is 1.94. The van der Waals surface area contributed by atoms with E-state index in [0.717, 1.165) is 51.9 Å². The standard InChI is InChI=1S/C25H29Br2FN2O/c1-29(16-19-12-21(26)14-22(27)13-19)24(31)15-25(20-4-6-23(28)7-5-20)8-10-30(11-9-25)17-18-2-3-18/h4-7,12-14,18H,2-3,8-11,15-17H2,1H3. The lowest BCUT2D eigenvalue weighted by Gasteiger charge is -2.42. The maximum atomic E-state index is 13.6. The first-order valence-corrected chi connectivity index (χ1v) is 12.6. The zero-order chi connectivity index (χ0) is 22.0. The Morgan fingerprint density at radius 1 is 1.10 bits per heavy atom. The number of carbonyl (C=O) groups is 1. The van der Waals surface area contributed by atoms with E-state index >= 15 is 0 Å². The topological polar surface area (TPSA) is 23.6 Å². The second kappa shape index (κ2) is 9.72. The van der Waals surface area contributed by atoms with Crippen LogP contribution in [0.5, 0.6) is 0 Å². The van der Waals surface area contributed by atoms with E-state index in [1.54, 1.807) is 0 Å². The van der Waals surface area contributed by atoms with Crippen molar-refractivity contribution in [2.24, 2.45) is 5.92 Å². The van der Waals surface area contributed by atoms with Crippen LogP contribution in [0.2, 0.25) is 0 Å². The summed E-state index contributed by atoms with van der Waals surface area (Å²) >= 11 is 7.05. The van der Waals surface area contributed by atoms with E-state index in [0.29, 0.717) is 13.0 Å². The molecule has 1 aliphatic carbocycles. The van der Waals surface area contributed by atoms with Gasteiger partial charge >= 0.3 is 0 Å². The number of rotatable bonds is 7. The van der Waals surface area contributed by atoms with Crippen LogP contribution in [0.15, 0.2) is 51.4 Å². The maximum absolute atomic E-state index is 13.6. The van der Waals surface area contributed by atoms with Gasteiger partial charge in [0.15, 0.2) is 0 Å². The molecule has 0 aromatic heterocycles. The van der Waals surface area contributed by atoms with Crippen molar-refractivity contribution in [1.82, 2.24) is 9.80 Å². The molecule has 2 fully saturated rings. The van der Waals surface area contributed by atoms with E-state index in [9.17, 15) is 9.18 Å². The zero-order valence-corrected chi connectivity index (χ0v) is 21.1. The summed E-state index contributed by atoms with van der Waals surface area (Å²) in [6, 6.07) is 12.9. The summed E-state index contributed by atoms with van der Waals surface area (Å²) < 4.78 is 15.6. The highest BCUT2D eigenvalue weighted by atomic mass is 79.9. The molecule has 4 rings (SSSR count). The summed E-state index contributed by atoms with van der Waals surface area (Å²) in [5.74, 6) is 0.778. The Bertz CT molecular complexity index is 901. The number of piperidine rings is 1. The van der Waals surface area contributed by atoms with E-state index in [1.165, 1.54) is 31.5 Å². The molecular weight excluding hydrogens is 523 g/mol. The van der Waals surface area contributed by atoms with Gasteiger partial charge in [0.05, 0.1) is 0 Å². The Labute approximate surface area is 201 Å². The minimum atomic E-state index is -0.228. The van der Waals surface area contributed by atoms with Crippen LogP contribution in [0.1, 0.15) is 43.2 Å². The largest absolute Gasteiger partial charge is 0.341 e. The SMILES string of the molecule is CN(Cc1cc(Br)cc(Br)c1)C(=O)CC1(c2ccc(F)cc2)CCN(CC2CC2)CC1. The van der Waals surface area contributed by atoms with Crippen LogP contribution in [-0.2, 0) is 16.8 Å². The monoisotopic (exact) mass is 550 g/mol. The highest BCUT2D eigenvalue weighted by molar-refractivity contribution is 9.11. The number of halogens is 3. The van der Waals surface area contributed by atoms with Crippen molar-refractivity contribution < 1.29 is 9.18 Å². The van der Waals surface area contributed by atoms with E-state index in [2.05, 4.69) is 36.8 Å². The van der Waals surface area contributed by atoms with E-state index in [-0.39, 0.29) is 17.1 Å². The molecule has 1 saturated carbocycles. The van der Waals surface area contributed by atoms with Crippen LogP contribution in [0.4, 0.5) is 4.39 Å². The van der Waals surface area contributed by atoms with Crippen LogP contribution in [-0.4, -0.2) is 42.4 Å². The van der Waals surface area contributed by atoms with Crippen LogP contribution in [0.25, 0.3) is 0 Å². The second-order valence-corrected chi connectivity index (χ2v) is 11.1. The summed E-state index contributed by atoms with van der Waals surface area (Å²) in [7, 11) is 1.87. The van der Waals surface area contributed by atoms with Crippen LogP contribution >= 0.6 is 31.9 Å². The molecule has 0 spiro atoms.